The van der Waals surface area contributed by atoms with Crippen molar-refractivity contribution in [1.29, 1.82) is 0 Å². The predicted octanol–water partition coefficient (Wildman–Crippen LogP) is 1.62. The summed E-state index contributed by atoms with van der Waals surface area (Å²) in [5, 5.41) is 0.557. The van der Waals surface area contributed by atoms with E-state index in [1.54, 1.807) is 30.3 Å². The van der Waals surface area contributed by atoms with Gasteiger partial charge in [-0.2, -0.15) is 13.4 Å². The minimum absolute atomic E-state index is 0.0814. The summed E-state index contributed by atoms with van der Waals surface area (Å²) in [4.78, 5) is 7.85. The summed E-state index contributed by atoms with van der Waals surface area (Å²) in [5.41, 5.74) is 12.8. The number of rotatable bonds is 4. The molecule has 0 unspecified atom stereocenters. The van der Waals surface area contributed by atoms with E-state index < -0.39 is 10.1 Å². The van der Waals surface area contributed by atoms with Crippen molar-refractivity contribution in [3.63, 3.8) is 0 Å². The Kier molecular flexibility index (Phi) is 3.96. The zero-order valence-corrected chi connectivity index (χ0v) is 13.2. The first-order valence-electron chi connectivity index (χ1n) is 6.85. The molecule has 0 radical (unpaired) electrons. The van der Waals surface area contributed by atoms with Gasteiger partial charge in [-0.05, 0) is 29.8 Å². The molecule has 24 heavy (non-hydrogen) atoms. The number of nitrogens with two attached hydrogens (primary N) is 2. The molecule has 3 aromatic rings. The van der Waals surface area contributed by atoms with Gasteiger partial charge in [0.2, 0.25) is 5.95 Å². The highest BCUT2D eigenvalue weighted by Crippen LogP contribution is 2.29. The fourth-order valence-corrected chi connectivity index (χ4v) is 2.72. The third-order valence-electron chi connectivity index (χ3n) is 3.35. The van der Waals surface area contributed by atoms with E-state index in [1.807, 2.05) is 0 Å². The molecular formula is C15H14N4O4S. The van der Waals surface area contributed by atoms with Crippen LogP contribution in [-0.2, 0) is 16.7 Å². The molecule has 3 rings (SSSR count). The van der Waals surface area contributed by atoms with Crippen molar-refractivity contribution >= 4 is 32.8 Å². The number of nitrogens with zero attached hydrogens (tertiary/aromatic N) is 2. The van der Waals surface area contributed by atoms with Crippen LogP contribution in [0.4, 0.5) is 11.8 Å². The maximum atomic E-state index is 11.0. The van der Waals surface area contributed by atoms with Crippen molar-refractivity contribution in [3.05, 3.63) is 48.0 Å². The summed E-state index contributed by atoms with van der Waals surface area (Å²) >= 11 is 0. The third-order valence-corrected chi connectivity index (χ3v) is 4.21. The Hall–Kier alpha value is -2.91. The molecule has 1 aromatic heterocycles. The molecule has 124 valence electrons. The Morgan fingerprint density at radius 3 is 2.42 bits per heavy atom. The monoisotopic (exact) mass is 346 g/mol. The van der Waals surface area contributed by atoms with Gasteiger partial charge in [0.15, 0.2) is 0 Å². The van der Waals surface area contributed by atoms with Gasteiger partial charge in [-0.15, -0.1) is 0 Å². The molecule has 9 heteroatoms. The number of hydrogen-bond donors (Lipinski definition) is 3. The lowest BCUT2D eigenvalue weighted by molar-refractivity contribution is 0.310. The normalized spacial score (nSPS) is 11.5. The molecule has 0 spiro atoms. The molecule has 1 heterocycles. The Labute approximate surface area is 137 Å². The SMILES string of the molecule is Nc1nc(N)c2c(OCc3ccc(S(=O)(=O)O)cc3)cccc2n1. The molecule has 0 fully saturated rings. The van der Waals surface area contributed by atoms with E-state index in [1.165, 1.54) is 12.1 Å². The van der Waals surface area contributed by atoms with E-state index >= 15 is 0 Å². The van der Waals surface area contributed by atoms with Crippen molar-refractivity contribution in [2.75, 3.05) is 11.5 Å². The highest BCUT2D eigenvalue weighted by atomic mass is 32.2. The van der Waals surface area contributed by atoms with E-state index in [0.29, 0.717) is 22.2 Å². The van der Waals surface area contributed by atoms with E-state index in [9.17, 15) is 8.42 Å². The van der Waals surface area contributed by atoms with Crippen LogP contribution in [0.25, 0.3) is 10.9 Å². The lowest BCUT2D eigenvalue weighted by Crippen LogP contribution is -2.03. The van der Waals surface area contributed by atoms with Crippen LogP contribution in [0.15, 0.2) is 47.4 Å². The average Bonchev–Trinajstić information content (AvgIpc) is 2.52. The second-order valence-corrected chi connectivity index (χ2v) is 6.45. The third kappa shape index (κ3) is 3.21. The summed E-state index contributed by atoms with van der Waals surface area (Å²) in [6.07, 6.45) is 0. The summed E-state index contributed by atoms with van der Waals surface area (Å²) in [6, 6.07) is 10.9. The summed E-state index contributed by atoms with van der Waals surface area (Å²) in [5.74, 6) is 0.789. The highest BCUT2D eigenvalue weighted by molar-refractivity contribution is 7.85. The maximum Gasteiger partial charge on any atom is 0.294 e. The Morgan fingerprint density at radius 1 is 1.04 bits per heavy atom. The zero-order chi connectivity index (χ0) is 17.3. The molecule has 0 atom stereocenters. The van der Waals surface area contributed by atoms with Gasteiger partial charge in [0.25, 0.3) is 10.1 Å². The van der Waals surface area contributed by atoms with E-state index in [4.69, 9.17) is 20.8 Å². The number of hydrogen-bond acceptors (Lipinski definition) is 7. The van der Waals surface area contributed by atoms with Crippen molar-refractivity contribution < 1.29 is 17.7 Å². The van der Waals surface area contributed by atoms with Crippen molar-refractivity contribution in [2.24, 2.45) is 0 Å². The van der Waals surface area contributed by atoms with Crippen molar-refractivity contribution in [3.8, 4) is 5.75 Å². The lowest BCUT2D eigenvalue weighted by Gasteiger charge is -2.11. The summed E-state index contributed by atoms with van der Waals surface area (Å²) in [6.45, 7) is 0.175. The van der Waals surface area contributed by atoms with E-state index in [2.05, 4.69) is 9.97 Å². The first-order chi connectivity index (χ1) is 11.3. The van der Waals surface area contributed by atoms with Crippen LogP contribution in [0.2, 0.25) is 0 Å². The molecule has 0 aliphatic rings. The number of nitrogen functional groups attached to an aromatic ring is 2. The number of aromatic nitrogens is 2. The van der Waals surface area contributed by atoms with Crippen LogP contribution in [-0.4, -0.2) is 22.9 Å². The first kappa shape index (κ1) is 16.0. The molecule has 0 aliphatic heterocycles. The lowest BCUT2D eigenvalue weighted by atomic mass is 10.2. The van der Waals surface area contributed by atoms with Crippen molar-refractivity contribution in [1.82, 2.24) is 9.97 Å². The molecular weight excluding hydrogens is 332 g/mol. The minimum Gasteiger partial charge on any atom is -0.488 e. The van der Waals surface area contributed by atoms with Gasteiger partial charge < -0.3 is 16.2 Å². The second kappa shape index (κ2) is 5.95. The fraction of sp³-hybridized carbons (Fsp3) is 0.0667. The molecule has 0 saturated carbocycles. The molecule has 5 N–H and O–H groups in total. The van der Waals surface area contributed by atoms with Gasteiger partial charge in [0.05, 0.1) is 15.8 Å². The maximum absolute atomic E-state index is 11.0. The van der Waals surface area contributed by atoms with E-state index in [0.717, 1.165) is 0 Å². The van der Waals surface area contributed by atoms with E-state index in [-0.39, 0.29) is 23.3 Å². The van der Waals surface area contributed by atoms with Crippen LogP contribution < -0.4 is 16.2 Å². The minimum atomic E-state index is -4.21. The molecule has 8 nitrogen and oxygen atoms in total. The number of ether oxygens (including phenoxy) is 1. The highest BCUT2D eigenvalue weighted by Gasteiger charge is 2.11. The second-order valence-electron chi connectivity index (χ2n) is 5.03. The average molecular weight is 346 g/mol. The quantitative estimate of drug-likeness (QED) is 0.605. The molecule has 2 aromatic carbocycles. The van der Waals surface area contributed by atoms with Crippen molar-refractivity contribution in [2.45, 2.75) is 11.5 Å². The van der Waals surface area contributed by atoms with Gasteiger partial charge in [-0.3, -0.25) is 4.55 Å². The van der Waals surface area contributed by atoms with Crippen LogP contribution in [0, 0.1) is 0 Å². The zero-order valence-electron chi connectivity index (χ0n) is 12.4. The van der Waals surface area contributed by atoms with Crippen LogP contribution in [0.1, 0.15) is 5.56 Å². The largest absolute Gasteiger partial charge is 0.488 e. The number of fused-ring (bicyclic) bond motifs is 1. The Bertz CT molecular complexity index is 1000. The molecule has 0 saturated heterocycles. The van der Waals surface area contributed by atoms with Gasteiger partial charge in [-0.25, -0.2) is 4.98 Å². The first-order valence-corrected chi connectivity index (χ1v) is 8.29. The molecule has 0 amide bonds. The molecule has 0 aliphatic carbocycles. The predicted molar refractivity (Wildman–Crippen MR) is 89.0 cm³/mol. The van der Waals surface area contributed by atoms with Crippen LogP contribution in [0.5, 0.6) is 5.75 Å². The number of benzene rings is 2. The Balaban J connectivity index is 1.86. The number of anilines is 2. The van der Waals surface area contributed by atoms with Gasteiger partial charge in [0.1, 0.15) is 18.2 Å². The van der Waals surface area contributed by atoms with Gasteiger partial charge in [0, 0.05) is 0 Å². The van der Waals surface area contributed by atoms with Crippen LogP contribution >= 0.6 is 0 Å². The van der Waals surface area contributed by atoms with Gasteiger partial charge >= 0.3 is 0 Å². The Morgan fingerprint density at radius 2 is 1.75 bits per heavy atom. The standard InChI is InChI=1S/C15H14N4O4S/c16-14-13-11(18-15(17)19-14)2-1-3-12(13)23-8-9-4-6-10(7-5-9)24(20,21)22/h1-7H,8H2,(H,20,21,22)(H4,16,17,18,19). The summed E-state index contributed by atoms with van der Waals surface area (Å²) < 4.78 is 36.7. The van der Waals surface area contributed by atoms with Gasteiger partial charge in [-0.1, -0.05) is 18.2 Å². The summed E-state index contributed by atoms with van der Waals surface area (Å²) in [7, 11) is -4.21. The fourth-order valence-electron chi connectivity index (χ4n) is 2.24. The smallest absolute Gasteiger partial charge is 0.294 e. The topological polar surface area (TPSA) is 141 Å². The molecule has 0 bridgehead atoms. The van der Waals surface area contributed by atoms with Crippen LogP contribution in [0.3, 0.4) is 0 Å².